The van der Waals surface area contributed by atoms with E-state index in [0.29, 0.717) is 0 Å². The number of aromatic nitrogens is 1. The van der Waals surface area contributed by atoms with Crippen LogP contribution in [0.1, 0.15) is 25.0 Å². The maximum absolute atomic E-state index is 10.0. The second kappa shape index (κ2) is 5.58. The van der Waals surface area contributed by atoms with Crippen LogP contribution >= 0.6 is 0 Å². The molecule has 0 saturated carbocycles. The van der Waals surface area contributed by atoms with Crippen molar-refractivity contribution in [2.45, 2.75) is 25.7 Å². The van der Waals surface area contributed by atoms with Crippen molar-refractivity contribution in [1.82, 2.24) is 10.1 Å². The van der Waals surface area contributed by atoms with Crippen molar-refractivity contribution in [1.29, 1.82) is 0 Å². The number of hydrogen-bond acceptors (Lipinski definition) is 5. The van der Waals surface area contributed by atoms with E-state index in [4.69, 9.17) is 4.52 Å². The lowest BCUT2D eigenvalue weighted by molar-refractivity contribution is 0.230. The SMILES string of the molecule is O=C=Nc1cc(CCN2CCCCC2)no1. The number of hydrogen-bond donors (Lipinski definition) is 0. The Kier molecular flexibility index (Phi) is 3.86. The minimum absolute atomic E-state index is 0.239. The van der Waals surface area contributed by atoms with Gasteiger partial charge in [-0.2, -0.15) is 0 Å². The Morgan fingerprint density at radius 3 is 3.00 bits per heavy atom. The van der Waals surface area contributed by atoms with Crippen LogP contribution in [0.15, 0.2) is 15.6 Å². The van der Waals surface area contributed by atoms with Gasteiger partial charge in [-0.3, -0.25) is 0 Å². The lowest BCUT2D eigenvalue weighted by Crippen LogP contribution is -2.31. The lowest BCUT2D eigenvalue weighted by atomic mass is 10.1. The fraction of sp³-hybridized carbons (Fsp3) is 0.636. The molecule has 0 atom stereocenters. The van der Waals surface area contributed by atoms with E-state index in [1.807, 2.05) is 0 Å². The molecule has 0 radical (unpaired) electrons. The second-order valence-electron chi connectivity index (χ2n) is 4.01. The summed E-state index contributed by atoms with van der Waals surface area (Å²) in [5.41, 5.74) is 0.847. The van der Waals surface area contributed by atoms with Gasteiger partial charge in [0.05, 0.1) is 5.69 Å². The van der Waals surface area contributed by atoms with Crippen LogP contribution in [0.4, 0.5) is 5.88 Å². The van der Waals surface area contributed by atoms with Gasteiger partial charge in [0, 0.05) is 19.0 Å². The molecule has 5 heteroatoms. The molecule has 0 amide bonds. The van der Waals surface area contributed by atoms with Crippen LogP contribution in [0, 0.1) is 0 Å². The number of isocyanates is 1. The number of aliphatic imine (C=N–C) groups is 1. The van der Waals surface area contributed by atoms with Gasteiger partial charge in [0.25, 0.3) is 5.88 Å². The van der Waals surface area contributed by atoms with E-state index in [9.17, 15) is 4.79 Å². The molecule has 16 heavy (non-hydrogen) atoms. The molecule has 1 fully saturated rings. The van der Waals surface area contributed by atoms with Gasteiger partial charge >= 0.3 is 0 Å². The minimum Gasteiger partial charge on any atom is -0.335 e. The summed E-state index contributed by atoms with van der Waals surface area (Å²) in [7, 11) is 0. The number of rotatable bonds is 4. The molecule has 0 unspecified atom stereocenters. The van der Waals surface area contributed by atoms with E-state index in [1.165, 1.54) is 38.4 Å². The predicted molar refractivity (Wildman–Crippen MR) is 58.3 cm³/mol. The molecule has 86 valence electrons. The Labute approximate surface area is 94.1 Å². The van der Waals surface area contributed by atoms with Crippen LogP contribution in [0.25, 0.3) is 0 Å². The zero-order chi connectivity index (χ0) is 11.2. The lowest BCUT2D eigenvalue weighted by Gasteiger charge is -2.25. The monoisotopic (exact) mass is 221 g/mol. The van der Waals surface area contributed by atoms with E-state index in [-0.39, 0.29) is 5.88 Å². The van der Waals surface area contributed by atoms with Gasteiger partial charge in [0.2, 0.25) is 6.08 Å². The first-order valence-electron chi connectivity index (χ1n) is 5.64. The zero-order valence-electron chi connectivity index (χ0n) is 9.19. The molecule has 1 aromatic rings. The van der Waals surface area contributed by atoms with Crippen molar-refractivity contribution in [3.05, 3.63) is 11.8 Å². The molecule has 1 aliphatic rings. The molecular formula is C11H15N3O2. The van der Waals surface area contributed by atoms with Crippen LogP contribution in [0.3, 0.4) is 0 Å². The van der Waals surface area contributed by atoms with E-state index < -0.39 is 0 Å². The standard InChI is InChI=1S/C11H15N3O2/c15-9-12-11-8-10(13-16-11)4-7-14-5-2-1-3-6-14/h8H,1-7H2. The first-order chi connectivity index (χ1) is 7.88. The first kappa shape index (κ1) is 11.0. The number of carbonyl (C=O) groups excluding carboxylic acids is 1. The molecule has 0 aromatic carbocycles. The number of piperidine rings is 1. The summed E-state index contributed by atoms with van der Waals surface area (Å²) in [6.07, 6.45) is 6.21. The normalized spacial score (nSPS) is 17.0. The molecule has 0 bridgehead atoms. The average molecular weight is 221 g/mol. The average Bonchev–Trinajstić information content (AvgIpc) is 2.76. The fourth-order valence-corrected chi connectivity index (χ4v) is 1.97. The van der Waals surface area contributed by atoms with E-state index in [0.717, 1.165) is 18.7 Å². The first-order valence-corrected chi connectivity index (χ1v) is 5.64. The summed E-state index contributed by atoms with van der Waals surface area (Å²) in [5.74, 6) is 0.239. The zero-order valence-corrected chi connectivity index (χ0v) is 9.19. The van der Waals surface area contributed by atoms with Gasteiger partial charge in [-0.15, -0.1) is 4.99 Å². The topological polar surface area (TPSA) is 58.7 Å². The molecule has 2 heterocycles. The van der Waals surface area contributed by atoms with Crippen molar-refractivity contribution in [2.24, 2.45) is 4.99 Å². The molecule has 1 aliphatic heterocycles. The molecule has 0 N–H and O–H groups in total. The Morgan fingerprint density at radius 1 is 1.44 bits per heavy atom. The highest BCUT2D eigenvalue weighted by molar-refractivity contribution is 5.42. The minimum atomic E-state index is 0.239. The van der Waals surface area contributed by atoms with Crippen molar-refractivity contribution < 1.29 is 9.32 Å². The molecule has 1 aromatic heterocycles. The van der Waals surface area contributed by atoms with Crippen molar-refractivity contribution in [2.75, 3.05) is 19.6 Å². The largest absolute Gasteiger partial charge is 0.335 e. The van der Waals surface area contributed by atoms with Gasteiger partial charge in [0.15, 0.2) is 0 Å². The molecule has 2 rings (SSSR count). The van der Waals surface area contributed by atoms with Crippen LogP contribution in [0.2, 0.25) is 0 Å². The fourth-order valence-electron chi connectivity index (χ4n) is 1.97. The van der Waals surface area contributed by atoms with Crippen molar-refractivity contribution in [3.63, 3.8) is 0 Å². The molecule has 5 nitrogen and oxygen atoms in total. The Morgan fingerprint density at radius 2 is 2.25 bits per heavy atom. The predicted octanol–water partition coefficient (Wildman–Crippen LogP) is 1.67. The highest BCUT2D eigenvalue weighted by Crippen LogP contribution is 2.14. The summed E-state index contributed by atoms with van der Waals surface area (Å²) in [6.45, 7) is 3.35. The van der Waals surface area contributed by atoms with Crippen molar-refractivity contribution in [3.8, 4) is 0 Å². The van der Waals surface area contributed by atoms with Crippen LogP contribution in [-0.2, 0) is 11.2 Å². The van der Waals surface area contributed by atoms with Gasteiger partial charge in [-0.1, -0.05) is 11.6 Å². The van der Waals surface area contributed by atoms with E-state index in [2.05, 4.69) is 15.0 Å². The van der Waals surface area contributed by atoms with E-state index in [1.54, 1.807) is 6.07 Å². The molecule has 1 saturated heterocycles. The second-order valence-corrected chi connectivity index (χ2v) is 4.01. The van der Waals surface area contributed by atoms with Gasteiger partial charge < -0.3 is 9.42 Å². The summed E-state index contributed by atoms with van der Waals surface area (Å²) < 4.78 is 4.85. The number of likely N-dealkylation sites (tertiary alicyclic amines) is 1. The molecular weight excluding hydrogens is 206 g/mol. The Balaban J connectivity index is 1.81. The van der Waals surface area contributed by atoms with Crippen LogP contribution in [0.5, 0.6) is 0 Å². The van der Waals surface area contributed by atoms with E-state index >= 15 is 0 Å². The third-order valence-corrected chi connectivity index (χ3v) is 2.84. The number of nitrogens with zero attached hydrogens (tertiary/aromatic N) is 3. The highest BCUT2D eigenvalue weighted by atomic mass is 16.5. The smallest absolute Gasteiger partial charge is 0.261 e. The Bertz CT molecular complexity index is 376. The van der Waals surface area contributed by atoms with Gasteiger partial charge in [-0.05, 0) is 25.9 Å². The molecule has 0 aliphatic carbocycles. The Hall–Kier alpha value is -1.45. The maximum atomic E-state index is 10.0. The maximum Gasteiger partial charge on any atom is 0.261 e. The van der Waals surface area contributed by atoms with Crippen molar-refractivity contribution >= 4 is 12.0 Å². The summed E-state index contributed by atoms with van der Waals surface area (Å²) in [6, 6.07) is 1.69. The third kappa shape index (κ3) is 3.02. The van der Waals surface area contributed by atoms with Gasteiger partial charge in [-0.25, -0.2) is 4.79 Å². The highest BCUT2D eigenvalue weighted by Gasteiger charge is 2.11. The summed E-state index contributed by atoms with van der Waals surface area (Å²) >= 11 is 0. The third-order valence-electron chi connectivity index (χ3n) is 2.84. The van der Waals surface area contributed by atoms with Crippen LogP contribution in [-0.4, -0.2) is 35.8 Å². The van der Waals surface area contributed by atoms with Gasteiger partial charge in [0.1, 0.15) is 0 Å². The van der Waals surface area contributed by atoms with Crippen LogP contribution < -0.4 is 0 Å². The summed E-state index contributed by atoms with van der Waals surface area (Å²) in [5, 5.41) is 3.84. The molecule has 0 spiro atoms. The quantitative estimate of drug-likeness (QED) is 0.573. The summed E-state index contributed by atoms with van der Waals surface area (Å²) in [4.78, 5) is 15.8.